The van der Waals surface area contributed by atoms with Crippen molar-refractivity contribution >= 4 is 31.5 Å². The third-order valence-corrected chi connectivity index (χ3v) is 2.07. The van der Waals surface area contributed by atoms with Gasteiger partial charge in [0.1, 0.15) is 7.85 Å². The van der Waals surface area contributed by atoms with E-state index < -0.39 is 0 Å². The van der Waals surface area contributed by atoms with Gasteiger partial charge in [-0.15, -0.1) is 0 Å². The predicted molar refractivity (Wildman–Crippen MR) is 63.3 cm³/mol. The highest BCUT2D eigenvalue weighted by atomic mass is 13.8. The second-order valence-electron chi connectivity index (χ2n) is 3.22. The van der Waals surface area contributed by atoms with E-state index in [1.54, 1.807) is 0 Å². The van der Waals surface area contributed by atoms with Gasteiger partial charge in [-0.2, -0.15) is 0 Å². The molecule has 0 saturated heterocycles. The van der Waals surface area contributed by atoms with Crippen LogP contribution >= 0.6 is 0 Å². The maximum atomic E-state index is 5.61. The molecule has 0 fully saturated rings. The lowest BCUT2D eigenvalue weighted by molar-refractivity contribution is 1.76. The minimum absolute atomic E-state index is 0.801. The monoisotopic (exact) mass is 175 g/mol. The first-order valence-corrected chi connectivity index (χ1v) is 4.60. The van der Waals surface area contributed by atoms with E-state index in [-0.39, 0.29) is 0 Å². The smallest absolute Gasteiger partial charge is 0.0967 e. The lowest BCUT2D eigenvalue weighted by atomic mass is 9.64. The molecule has 0 amide bonds. The van der Waals surface area contributed by atoms with Crippen molar-refractivity contribution in [2.75, 3.05) is 0 Å². The van der Waals surface area contributed by atoms with Crippen LogP contribution in [0.15, 0.2) is 54.6 Å². The quantitative estimate of drug-likeness (QED) is 0.569. The Balaban J connectivity index is 2.16. The number of benzene rings is 2. The summed E-state index contributed by atoms with van der Waals surface area (Å²) in [5, 5.41) is 0. The first-order chi connectivity index (χ1) is 6.84. The van der Waals surface area contributed by atoms with E-state index in [9.17, 15) is 0 Å². The summed E-state index contributed by atoms with van der Waals surface area (Å²) in [4.78, 5) is 0. The molecule has 0 saturated carbocycles. The fourth-order valence-electron chi connectivity index (χ4n) is 1.33. The Kier molecular flexibility index (Phi) is 2.73. The average molecular weight is 175 g/mol. The van der Waals surface area contributed by atoms with Gasteiger partial charge in [0.15, 0.2) is 7.28 Å². The van der Waals surface area contributed by atoms with Crippen LogP contribution in [0.4, 0.5) is 0 Å². The van der Waals surface area contributed by atoms with Gasteiger partial charge >= 0.3 is 0 Å². The van der Waals surface area contributed by atoms with Crippen molar-refractivity contribution in [2.45, 2.75) is 0 Å². The number of hydrogen-bond acceptors (Lipinski definition) is 0. The van der Waals surface area contributed by atoms with E-state index in [2.05, 4.69) is 19.4 Å². The van der Waals surface area contributed by atoms with Crippen molar-refractivity contribution in [3.05, 3.63) is 54.6 Å². The van der Waals surface area contributed by atoms with Crippen LogP contribution in [-0.2, 0) is 0 Å². The zero-order valence-electron chi connectivity index (χ0n) is 7.85. The molecule has 0 bridgehead atoms. The highest BCUT2D eigenvalue weighted by molar-refractivity contribution is 6.67. The van der Waals surface area contributed by atoms with Gasteiger partial charge in [0.05, 0.1) is 0 Å². The molecule has 63 valence electrons. The van der Waals surface area contributed by atoms with E-state index in [1.807, 2.05) is 42.5 Å². The molecule has 0 aliphatic heterocycles. The van der Waals surface area contributed by atoms with Crippen LogP contribution in [0.2, 0.25) is 0 Å². The Bertz CT molecular complexity index is 392. The van der Waals surface area contributed by atoms with Crippen LogP contribution < -0.4 is 16.4 Å². The largest absolute Gasteiger partial charge is 0.191 e. The number of hydrogen-bond donors (Lipinski definition) is 0. The molecule has 0 nitrogen and oxygen atoms in total. The van der Waals surface area contributed by atoms with E-state index in [0.717, 1.165) is 5.46 Å². The third kappa shape index (κ3) is 2.29. The molecule has 2 heteroatoms. The summed E-state index contributed by atoms with van der Waals surface area (Å²) in [6.45, 7) is 0. The minimum Gasteiger partial charge on any atom is -0.0967 e. The Hall–Kier alpha value is -1.43. The molecule has 0 heterocycles. The summed E-state index contributed by atoms with van der Waals surface area (Å²) in [7, 11) is 7.73. The summed E-state index contributed by atoms with van der Waals surface area (Å²) in [6, 6.07) is 18.1. The Labute approximate surface area is 86.6 Å². The Morgan fingerprint density at radius 3 is 1.93 bits per heavy atom. The summed E-state index contributed by atoms with van der Waals surface area (Å²) in [6.07, 6.45) is 0. The van der Waals surface area contributed by atoms with E-state index in [1.165, 1.54) is 10.9 Å². The van der Waals surface area contributed by atoms with Gasteiger partial charge < -0.3 is 0 Å². The van der Waals surface area contributed by atoms with Gasteiger partial charge in [-0.25, -0.2) is 0 Å². The van der Waals surface area contributed by atoms with E-state index >= 15 is 0 Å². The predicted octanol–water partition coefficient (Wildman–Crippen LogP) is 0.135. The van der Waals surface area contributed by atoms with E-state index in [0.29, 0.717) is 0 Å². The molecule has 0 aromatic heterocycles. The lowest BCUT2D eigenvalue weighted by Crippen LogP contribution is -2.27. The molecule has 3 radical (unpaired) electrons. The Morgan fingerprint density at radius 2 is 1.29 bits per heavy atom. The summed E-state index contributed by atoms with van der Waals surface area (Å²) < 4.78 is 0. The second kappa shape index (κ2) is 4.19. The van der Waals surface area contributed by atoms with Gasteiger partial charge in [0.2, 0.25) is 0 Å². The molecule has 14 heavy (non-hydrogen) atoms. The second-order valence-corrected chi connectivity index (χ2v) is 3.22. The molecule has 0 N–H and O–H groups in total. The molecule has 0 aliphatic rings. The molecule has 0 spiro atoms. The van der Waals surface area contributed by atoms with Crippen LogP contribution in [0.3, 0.4) is 0 Å². The molecule has 0 unspecified atom stereocenters. The van der Waals surface area contributed by atoms with Crippen LogP contribution in [-0.4, -0.2) is 15.1 Å². The summed E-state index contributed by atoms with van der Waals surface area (Å²) >= 11 is 0. The van der Waals surface area contributed by atoms with Crippen LogP contribution in [0.1, 0.15) is 0 Å². The van der Waals surface area contributed by atoms with Gasteiger partial charge in [-0.1, -0.05) is 71.0 Å². The van der Waals surface area contributed by atoms with Crippen molar-refractivity contribution in [1.29, 1.82) is 0 Å². The molecule has 2 aromatic rings. The van der Waals surface area contributed by atoms with Crippen molar-refractivity contribution in [1.82, 2.24) is 0 Å². The van der Waals surface area contributed by atoms with Crippen molar-refractivity contribution in [3.63, 3.8) is 0 Å². The molecular formula is C12H9B2. The van der Waals surface area contributed by atoms with E-state index in [4.69, 9.17) is 7.85 Å². The Morgan fingerprint density at radius 1 is 0.714 bits per heavy atom. The van der Waals surface area contributed by atoms with Crippen molar-refractivity contribution in [3.8, 4) is 0 Å². The van der Waals surface area contributed by atoms with Crippen LogP contribution in [0.25, 0.3) is 0 Å². The first-order valence-electron chi connectivity index (χ1n) is 4.60. The van der Waals surface area contributed by atoms with Gasteiger partial charge in [-0.3, -0.25) is 0 Å². The zero-order chi connectivity index (χ0) is 9.80. The molecule has 0 atom stereocenters. The summed E-state index contributed by atoms with van der Waals surface area (Å²) in [5.41, 5.74) is 3.18. The lowest BCUT2D eigenvalue weighted by Gasteiger charge is -2.00. The van der Waals surface area contributed by atoms with Crippen LogP contribution in [0.5, 0.6) is 0 Å². The van der Waals surface area contributed by atoms with Gasteiger partial charge in [0, 0.05) is 0 Å². The highest BCUT2D eigenvalue weighted by Gasteiger charge is 1.96. The first kappa shape index (κ1) is 9.14. The maximum Gasteiger partial charge on any atom is 0.191 e. The molecular weight excluding hydrogens is 166 g/mol. The number of rotatable bonds is 2. The third-order valence-electron chi connectivity index (χ3n) is 2.07. The minimum atomic E-state index is 0.801. The fraction of sp³-hybridized carbons (Fsp3) is 0. The van der Waals surface area contributed by atoms with Gasteiger partial charge in [-0.05, 0) is 0 Å². The topological polar surface area (TPSA) is 0 Å². The molecule has 2 aromatic carbocycles. The zero-order valence-corrected chi connectivity index (χ0v) is 7.85. The maximum absolute atomic E-state index is 5.61. The standard InChI is InChI=1S/C12H9B2/c13-10-6-8-12(9-7-10)14-11-4-2-1-3-5-11/h1-9H. The van der Waals surface area contributed by atoms with Gasteiger partial charge in [0.25, 0.3) is 0 Å². The summed E-state index contributed by atoms with van der Waals surface area (Å²) in [5.74, 6) is 0. The molecule has 0 aliphatic carbocycles. The average Bonchev–Trinajstić information content (AvgIpc) is 2.23. The SMILES string of the molecule is [B]c1ccc([B]c2ccccc2)cc1. The van der Waals surface area contributed by atoms with Crippen molar-refractivity contribution in [2.24, 2.45) is 0 Å². The fourth-order valence-corrected chi connectivity index (χ4v) is 1.33. The normalized spacial score (nSPS) is 9.71. The van der Waals surface area contributed by atoms with Crippen LogP contribution in [0, 0.1) is 0 Å². The highest BCUT2D eigenvalue weighted by Crippen LogP contribution is 1.83. The molecule has 2 rings (SSSR count). The van der Waals surface area contributed by atoms with Crippen molar-refractivity contribution < 1.29 is 0 Å².